The van der Waals surface area contributed by atoms with Gasteiger partial charge in [0.05, 0.1) is 11.4 Å². The van der Waals surface area contributed by atoms with Crippen LogP contribution in [0.1, 0.15) is 0 Å². The molecular weight excluding hydrogens is 159 g/mol. The molecule has 2 N–H and O–H groups in total. The van der Waals surface area contributed by atoms with Gasteiger partial charge < -0.3 is 10.6 Å². The highest BCUT2D eigenvalue weighted by Gasteiger charge is 2.00. The van der Waals surface area contributed by atoms with Gasteiger partial charge in [-0.2, -0.15) is 0 Å². The molecule has 0 aromatic heterocycles. The Morgan fingerprint density at radius 3 is 2.75 bits per heavy atom. The molecule has 0 bridgehead atoms. The maximum Gasteiger partial charge on any atom is 0.211 e. The van der Waals surface area contributed by atoms with Crippen molar-refractivity contribution in [1.29, 1.82) is 0 Å². The molecule has 0 saturated heterocycles. The van der Waals surface area contributed by atoms with E-state index < -0.39 is 0 Å². The number of anilines is 2. The van der Waals surface area contributed by atoms with Crippen molar-refractivity contribution < 1.29 is 9.18 Å². The lowest BCUT2D eigenvalue weighted by Gasteiger charge is -2.06. The fraction of sp³-hybridized carbons (Fsp3) is 0.125. The predicted molar refractivity (Wildman–Crippen MR) is 45.6 cm³/mol. The van der Waals surface area contributed by atoms with Gasteiger partial charge in [0, 0.05) is 7.05 Å². The lowest BCUT2D eigenvalue weighted by Crippen LogP contribution is -1.99. The number of carbonyl (C=O) groups is 1. The zero-order valence-electron chi connectivity index (χ0n) is 6.60. The number of hydrogen-bond donors (Lipinski definition) is 2. The molecule has 1 rings (SSSR count). The second kappa shape index (κ2) is 3.71. The Labute approximate surface area is 69.6 Å². The van der Waals surface area contributed by atoms with Crippen LogP contribution in [-0.4, -0.2) is 13.5 Å². The summed E-state index contributed by atoms with van der Waals surface area (Å²) in [5.74, 6) is -0.377. The normalized spacial score (nSPS) is 9.17. The molecular formula is C8H9FN2O. The van der Waals surface area contributed by atoms with Gasteiger partial charge in [-0.1, -0.05) is 0 Å². The molecule has 1 aromatic rings. The van der Waals surface area contributed by atoms with Gasteiger partial charge in [0.15, 0.2) is 0 Å². The van der Waals surface area contributed by atoms with Gasteiger partial charge in [-0.05, 0) is 18.2 Å². The van der Waals surface area contributed by atoms with Crippen LogP contribution >= 0.6 is 0 Å². The van der Waals surface area contributed by atoms with E-state index >= 15 is 0 Å². The van der Waals surface area contributed by atoms with Gasteiger partial charge >= 0.3 is 0 Å². The topological polar surface area (TPSA) is 41.1 Å². The highest BCUT2D eigenvalue weighted by molar-refractivity contribution is 5.80. The largest absolute Gasteiger partial charge is 0.386 e. The number of halogens is 1. The van der Waals surface area contributed by atoms with Crippen LogP contribution in [0.25, 0.3) is 0 Å². The lowest BCUT2D eigenvalue weighted by atomic mass is 10.2. The Bertz CT molecular complexity index is 288. The summed E-state index contributed by atoms with van der Waals surface area (Å²) in [6.07, 6.45) is 0.510. The van der Waals surface area contributed by atoms with Crippen LogP contribution in [0.2, 0.25) is 0 Å². The van der Waals surface area contributed by atoms with Gasteiger partial charge in [0.25, 0.3) is 0 Å². The summed E-state index contributed by atoms with van der Waals surface area (Å²) in [6.45, 7) is 0. The summed E-state index contributed by atoms with van der Waals surface area (Å²) in [5, 5.41) is 5.20. The molecule has 3 nitrogen and oxygen atoms in total. The van der Waals surface area contributed by atoms with Crippen molar-refractivity contribution >= 4 is 17.8 Å². The summed E-state index contributed by atoms with van der Waals surface area (Å²) in [7, 11) is 1.70. The summed E-state index contributed by atoms with van der Waals surface area (Å²) in [6, 6.07) is 4.13. The molecule has 0 aliphatic rings. The van der Waals surface area contributed by atoms with Crippen molar-refractivity contribution in [2.24, 2.45) is 0 Å². The molecule has 0 heterocycles. The first-order chi connectivity index (χ1) is 5.77. The monoisotopic (exact) mass is 168 g/mol. The predicted octanol–water partition coefficient (Wildman–Crippen LogP) is 1.44. The van der Waals surface area contributed by atoms with Crippen LogP contribution in [0.4, 0.5) is 15.8 Å². The maximum atomic E-state index is 12.6. The summed E-state index contributed by atoms with van der Waals surface area (Å²) < 4.78 is 12.6. The van der Waals surface area contributed by atoms with Crippen LogP contribution in [-0.2, 0) is 4.79 Å². The van der Waals surface area contributed by atoms with E-state index in [1.165, 1.54) is 12.1 Å². The molecule has 1 amide bonds. The smallest absolute Gasteiger partial charge is 0.211 e. The first-order valence-corrected chi connectivity index (χ1v) is 3.45. The minimum absolute atomic E-state index is 0.377. The van der Waals surface area contributed by atoms with Gasteiger partial charge in [0.1, 0.15) is 5.82 Å². The second-order valence-corrected chi connectivity index (χ2v) is 2.20. The molecule has 0 aliphatic heterocycles. The zero-order valence-corrected chi connectivity index (χ0v) is 6.60. The Kier molecular flexibility index (Phi) is 2.63. The van der Waals surface area contributed by atoms with Crippen molar-refractivity contribution in [2.75, 3.05) is 17.7 Å². The minimum atomic E-state index is -0.377. The minimum Gasteiger partial charge on any atom is -0.386 e. The van der Waals surface area contributed by atoms with E-state index in [1.54, 1.807) is 13.1 Å². The van der Waals surface area contributed by atoms with E-state index in [1.807, 2.05) is 0 Å². The van der Waals surface area contributed by atoms with Crippen LogP contribution in [0.3, 0.4) is 0 Å². The number of rotatable bonds is 3. The Balaban J connectivity index is 3.03. The average Bonchev–Trinajstić information content (AvgIpc) is 2.05. The molecule has 0 fully saturated rings. The Morgan fingerprint density at radius 1 is 1.42 bits per heavy atom. The number of benzene rings is 1. The second-order valence-electron chi connectivity index (χ2n) is 2.20. The van der Waals surface area contributed by atoms with Crippen molar-refractivity contribution in [1.82, 2.24) is 0 Å². The van der Waals surface area contributed by atoms with Crippen LogP contribution in [0.5, 0.6) is 0 Å². The van der Waals surface area contributed by atoms with E-state index in [0.717, 1.165) is 0 Å². The van der Waals surface area contributed by atoms with Crippen LogP contribution < -0.4 is 10.6 Å². The molecule has 0 saturated carbocycles. The van der Waals surface area contributed by atoms with Crippen molar-refractivity contribution in [3.8, 4) is 0 Å². The first kappa shape index (κ1) is 8.52. The number of amides is 1. The van der Waals surface area contributed by atoms with E-state index in [0.29, 0.717) is 17.8 Å². The third kappa shape index (κ3) is 1.72. The van der Waals surface area contributed by atoms with E-state index in [9.17, 15) is 9.18 Å². The fourth-order valence-corrected chi connectivity index (χ4v) is 0.917. The highest BCUT2D eigenvalue weighted by atomic mass is 19.1. The van der Waals surface area contributed by atoms with Crippen molar-refractivity contribution in [3.05, 3.63) is 24.0 Å². The molecule has 1 aromatic carbocycles. The van der Waals surface area contributed by atoms with Crippen LogP contribution in [0.15, 0.2) is 18.2 Å². The van der Waals surface area contributed by atoms with Gasteiger partial charge in [-0.15, -0.1) is 0 Å². The maximum absolute atomic E-state index is 12.6. The molecule has 4 heteroatoms. The molecule has 0 unspecified atom stereocenters. The summed E-state index contributed by atoms with van der Waals surface area (Å²) in [4.78, 5) is 10.1. The molecule has 64 valence electrons. The SMILES string of the molecule is CNc1ccc(F)cc1NC=O. The lowest BCUT2D eigenvalue weighted by molar-refractivity contribution is -0.105. The van der Waals surface area contributed by atoms with Crippen molar-refractivity contribution in [2.45, 2.75) is 0 Å². The molecule has 12 heavy (non-hydrogen) atoms. The van der Waals surface area contributed by atoms with E-state index in [4.69, 9.17) is 0 Å². The Hall–Kier alpha value is -1.58. The van der Waals surface area contributed by atoms with E-state index in [-0.39, 0.29) is 5.82 Å². The zero-order chi connectivity index (χ0) is 8.97. The molecule has 0 radical (unpaired) electrons. The number of carbonyl (C=O) groups excluding carboxylic acids is 1. The van der Waals surface area contributed by atoms with Gasteiger partial charge in [-0.3, -0.25) is 4.79 Å². The number of nitrogens with one attached hydrogen (secondary N) is 2. The average molecular weight is 168 g/mol. The quantitative estimate of drug-likeness (QED) is 0.670. The molecule has 0 atom stereocenters. The Morgan fingerprint density at radius 2 is 2.17 bits per heavy atom. The fourth-order valence-electron chi connectivity index (χ4n) is 0.917. The third-order valence-corrected chi connectivity index (χ3v) is 1.47. The van der Waals surface area contributed by atoms with Crippen molar-refractivity contribution in [3.63, 3.8) is 0 Å². The molecule has 0 spiro atoms. The molecule has 0 aliphatic carbocycles. The summed E-state index contributed by atoms with van der Waals surface area (Å²) >= 11 is 0. The van der Waals surface area contributed by atoms with Gasteiger partial charge in [-0.25, -0.2) is 4.39 Å². The summed E-state index contributed by atoms with van der Waals surface area (Å²) in [5.41, 5.74) is 1.12. The van der Waals surface area contributed by atoms with Crippen LogP contribution in [0, 0.1) is 5.82 Å². The van der Waals surface area contributed by atoms with E-state index in [2.05, 4.69) is 10.6 Å². The standard InChI is InChI=1S/C8H9FN2O/c1-10-7-3-2-6(9)4-8(7)11-5-12/h2-5,10H,1H3,(H,11,12). The first-order valence-electron chi connectivity index (χ1n) is 3.45. The van der Waals surface area contributed by atoms with Gasteiger partial charge in [0.2, 0.25) is 6.41 Å². The highest BCUT2D eigenvalue weighted by Crippen LogP contribution is 2.20. The third-order valence-electron chi connectivity index (χ3n) is 1.47. The number of hydrogen-bond acceptors (Lipinski definition) is 2.